The molecule has 0 aromatic heterocycles. The summed E-state index contributed by atoms with van der Waals surface area (Å²) < 4.78 is 1.79. The first-order valence-corrected chi connectivity index (χ1v) is 7.28. The molecule has 1 aliphatic heterocycles. The molecule has 1 aromatic carbocycles. The molecule has 1 aliphatic rings. The first-order chi connectivity index (χ1) is 8.54. The standard InChI is InChI=1S/C12H14Br2N2O2/c13-8-1-2-11(10(14)5-8)15-12(18)7-16-4-3-9(17)6-16/h1-2,5,9,17H,3-4,6-7H2,(H,15,18). The minimum atomic E-state index is -0.294. The number of anilines is 1. The third-order valence-corrected chi connectivity index (χ3v) is 3.97. The fourth-order valence-electron chi connectivity index (χ4n) is 1.94. The molecule has 1 heterocycles. The number of hydrogen-bond acceptors (Lipinski definition) is 3. The van der Waals surface area contributed by atoms with Crippen LogP contribution in [0.15, 0.2) is 27.1 Å². The van der Waals surface area contributed by atoms with Gasteiger partial charge in [-0.2, -0.15) is 0 Å². The maximum atomic E-state index is 11.8. The Morgan fingerprint density at radius 1 is 1.50 bits per heavy atom. The lowest BCUT2D eigenvalue weighted by Crippen LogP contribution is -2.32. The van der Waals surface area contributed by atoms with Crippen LogP contribution in [0.1, 0.15) is 6.42 Å². The Hall–Kier alpha value is -0.430. The van der Waals surface area contributed by atoms with Crippen molar-refractivity contribution < 1.29 is 9.90 Å². The third kappa shape index (κ3) is 3.78. The molecule has 1 amide bonds. The van der Waals surface area contributed by atoms with Crippen LogP contribution in [0, 0.1) is 0 Å². The number of β-amino-alcohol motifs (C(OH)–C–C–N with tert-alkyl or cyclic N) is 1. The summed E-state index contributed by atoms with van der Waals surface area (Å²) in [5.74, 6) is -0.0628. The number of halogens is 2. The average molecular weight is 378 g/mol. The number of nitrogens with one attached hydrogen (secondary N) is 1. The monoisotopic (exact) mass is 376 g/mol. The number of amides is 1. The average Bonchev–Trinajstić information content (AvgIpc) is 2.68. The molecule has 0 saturated carbocycles. The van der Waals surface area contributed by atoms with Gasteiger partial charge in [0.2, 0.25) is 5.91 Å². The van der Waals surface area contributed by atoms with Gasteiger partial charge in [-0.15, -0.1) is 0 Å². The van der Waals surface area contributed by atoms with E-state index < -0.39 is 0 Å². The molecule has 1 fully saturated rings. The molecular weight excluding hydrogens is 364 g/mol. The summed E-state index contributed by atoms with van der Waals surface area (Å²) in [4.78, 5) is 13.8. The van der Waals surface area contributed by atoms with E-state index in [9.17, 15) is 9.90 Å². The highest BCUT2D eigenvalue weighted by atomic mass is 79.9. The van der Waals surface area contributed by atoms with Crippen molar-refractivity contribution in [2.75, 3.05) is 25.0 Å². The molecule has 0 aliphatic carbocycles. The lowest BCUT2D eigenvalue weighted by molar-refractivity contribution is -0.117. The fourth-order valence-corrected chi connectivity index (χ4v) is 3.09. The van der Waals surface area contributed by atoms with Gasteiger partial charge >= 0.3 is 0 Å². The van der Waals surface area contributed by atoms with Crippen molar-refractivity contribution in [1.82, 2.24) is 4.90 Å². The molecule has 0 spiro atoms. The minimum Gasteiger partial charge on any atom is -0.392 e. The predicted octanol–water partition coefficient (Wildman–Crippen LogP) is 2.22. The molecule has 18 heavy (non-hydrogen) atoms. The van der Waals surface area contributed by atoms with Crippen LogP contribution in [0.5, 0.6) is 0 Å². The van der Waals surface area contributed by atoms with Crippen molar-refractivity contribution in [3.63, 3.8) is 0 Å². The SMILES string of the molecule is O=C(CN1CCC(O)C1)Nc1ccc(Br)cc1Br. The zero-order chi connectivity index (χ0) is 13.1. The zero-order valence-electron chi connectivity index (χ0n) is 9.70. The Balaban J connectivity index is 1.91. The van der Waals surface area contributed by atoms with Crippen LogP contribution in [0.25, 0.3) is 0 Å². The van der Waals surface area contributed by atoms with Crippen LogP contribution in [-0.4, -0.2) is 41.7 Å². The largest absolute Gasteiger partial charge is 0.392 e. The van der Waals surface area contributed by atoms with Crippen LogP contribution in [0.4, 0.5) is 5.69 Å². The molecule has 6 heteroatoms. The molecule has 0 radical (unpaired) electrons. The summed E-state index contributed by atoms with van der Waals surface area (Å²) in [5.41, 5.74) is 0.753. The van der Waals surface area contributed by atoms with E-state index in [0.717, 1.165) is 27.6 Å². The maximum Gasteiger partial charge on any atom is 0.238 e. The van der Waals surface area contributed by atoms with Gasteiger partial charge in [-0.05, 0) is 40.5 Å². The number of carbonyl (C=O) groups excluding carboxylic acids is 1. The van der Waals surface area contributed by atoms with Crippen molar-refractivity contribution in [3.8, 4) is 0 Å². The quantitative estimate of drug-likeness (QED) is 0.849. The lowest BCUT2D eigenvalue weighted by atomic mass is 10.3. The molecule has 2 N–H and O–H groups in total. The molecule has 2 rings (SSSR count). The second-order valence-electron chi connectivity index (χ2n) is 4.35. The Bertz CT molecular complexity index is 454. The highest BCUT2D eigenvalue weighted by Crippen LogP contribution is 2.26. The van der Waals surface area contributed by atoms with Crippen LogP contribution in [0.2, 0.25) is 0 Å². The van der Waals surface area contributed by atoms with Gasteiger partial charge < -0.3 is 10.4 Å². The van der Waals surface area contributed by atoms with Gasteiger partial charge in [0, 0.05) is 22.0 Å². The van der Waals surface area contributed by atoms with Crippen molar-refractivity contribution in [2.45, 2.75) is 12.5 Å². The first kappa shape index (κ1) is 14.0. The number of likely N-dealkylation sites (tertiary alicyclic amines) is 1. The van der Waals surface area contributed by atoms with E-state index in [2.05, 4.69) is 37.2 Å². The molecule has 1 unspecified atom stereocenters. The summed E-state index contributed by atoms with van der Waals surface area (Å²) in [6.45, 7) is 1.67. The second-order valence-corrected chi connectivity index (χ2v) is 6.12. The van der Waals surface area contributed by atoms with Gasteiger partial charge in [0.25, 0.3) is 0 Å². The summed E-state index contributed by atoms with van der Waals surface area (Å²) in [5, 5.41) is 12.2. The maximum absolute atomic E-state index is 11.8. The number of benzene rings is 1. The third-order valence-electron chi connectivity index (χ3n) is 2.82. The smallest absolute Gasteiger partial charge is 0.238 e. The van der Waals surface area contributed by atoms with Gasteiger partial charge in [0.15, 0.2) is 0 Å². The van der Waals surface area contributed by atoms with Crippen LogP contribution >= 0.6 is 31.9 Å². The van der Waals surface area contributed by atoms with E-state index >= 15 is 0 Å². The van der Waals surface area contributed by atoms with E-state index in [-0.39, 0.29) is 12.0 Å². The number of rotatable bonds is 3. The molecule has 1 atom stereocenters. The summed E-state index contributed by atoms with van der Waals surface area (Å²) in [6, 6.07) is 5.60. The number of aliphatic hydroxyl groups excluding tert-OH is 1. The molecule has 1 saturated heterocycles. The Kier molecular flexibility index (Phi) is 4.77. The van der Waals surface area contributed by atoms with Crippen molar-refractivity contribution in [2.24, 2.45) is 0 Å². The first-order valence-electron chi connectivity index (χ1n) is 5.70. The Morgan fingerprint density at radius 3 is 2.89 bits per heavy atom. The lowest BCUT2D eigenvalue weighted by Gasteiger charge is -2.15. The number of aliphatic hydroxyl groups is 1. The zero-order valence-corrected chi connectivity index (χ0v) is 12.9. The van der Waals surface area contributed by atoms with E-state index in [1.807, 2.05) is 23.1 Å². The van der Waals surface area contributed by atoms with Gasteiger partial charge in [-0.25, -0.2) is 0 Å². The van der Waals surface area contributed by atoms with Crippen LogP contribution in [0.3, 0.4) is 0 Å². The Labute approximate surface area is 123 Å². The van der Waals surface area contributed by atoms with E-state index in [0.29, 0.717) is 13.1 Å². The van der Waals surface area contributed by atoms with Gasteiger partial charge in [0.05, 0.1) is 18.3 Å². The van der Waals surface area contributed by atoms with Gasteiger partial charge in [-0.1, -0.05) is 15.9 Å². The Morgan fingerprint density at radius 2 is 2.28 bits per heavy atom. The number of carbonyl (C=O) groups is 1. The molecule has 0 bridgehead atoms. The summed E-state index contributed by atoms with van der Waals surface area (Å²) >= 11 is 6.76. The topological polar surface area (TPSA) is 52.6 Å². The highest BCUT2D eigenvalue weighted by molar-refractivity contribution is 9.11. The molecule has 1 aromatic rings. The van der Waals surface area contributed by atoms with Crippen molar-refractivity contribution in [3.05, 3.63) is 27.1 Å². The van der Waals surface area contributed by atoms with E-state index in [4.69, 9.17) is 0 Å². The van der Waals surface area contributed by atoms with E-state index in [1.54, 1.807) is 0 Å². The number of hydrogen-bond donors (Lipinski definition) is 2. The predicted molar refractivity (Wildman–Crippen MR) is 77.5 cm³/mol. The normalized spacial score (nSPS) is 20.1. The van der Waals surface area contributed by atoms with Gasteiger partial charge in [-0.3, -0.25) is 9.69 Å². The molecular formula is C12H14Br2N2O2. The van der Waals surface area contributed by atoms with Crippen molar-refractivity contribution >= 4 is 43.5 Å². The molecule has 98 valence electrons. The highest BCUT2D eigenvalue weighted by Gasteiger charge is 2.22. The van der Waals surface area contributed by atoms with E-state index in [1.165, 1.54) is 0 Å². The minimum absolute atomic E-state index is 0.0628. The van der Waals surface area contributed by atoms with Crippen LogP contribution in [-0.2, 0) is 4.79 Å². The second kappa shape index (κ2) is 6.14. The number of nitrogens with zero attached hydrogens (tertiary/aromatic N) is 1. The summed E-state index contributed by atoms with van der Waals surface area (Å²) in [6.07, 6.45) is 0.451. The fraction of sp³-hybridized carbons (Fsp3) is 0.417. The van der Waals surface area contributed by atoms with Crippen molar-refractivity contribution in [1.29, 1.82) is 0 Å². The molecule has 4 nitrogen and oxygen atoms in total. The van der Waals surface area contributed by atoms with Crippen LogP contribution < -0.4 is 5.32 Å². The van der Waals surface area contributed by atoms with Gasteiger partial charge in [0.1, 0.15) is 0 Å². The summed E-state index contributed by atoms with van der Waals surface area (Å²) in [7, 11) is 0.